The van der Waals surface area contributed by atoms with E-state index < -0.39 is 17.3 Å². The summed E-state index contributed by atoms with van der Waals surface area (Å²) in [5.74, 6) is -0.866. The second kappa shape index (κ2) is 6.02. The number of amides is 1. The van der Waals surface area contributed by atoms with Gasteiger partial charge in [0.2, 0.25) is 5.91 Å². The fraction of sp³-hybridized carbons (Fsp3) is 0.500. The Morgan fingerprint density at radius 2 is 2.16 bits per heavy atom. The Balaban J connectivity index is 2.82. The Hall–Kier alpha value is -1.62. The zero-order valence-corrected chi connectivity index (χ0v) is 11.8. The van der Waals surface area contributed by atoms with Crippen molar-refractivity contribution in [1.82, 2.24) is 5.32 Å². The lowest BCUT2D eigenvalue weighted by atomic mass is 10.0. The number of nitrogens with two attached hydrogens (primary N) is 1. The van der Waals surface area contributed by atoms with Crippen molar-refractivity contribution in [1.29, 1.82) is 0 Å². The fourth-order valence-corrected chi connectivity index (χ4v) is 1.76. The van der Waals surface area contributed by atoms with Crippen LogP contribution in [-0.4, -0.2) is 24.1 Å². The molecule has 0 saturated carbocycles. The van der Waals surface area contributed by atoms with E-state index in [-0.39, 0.29) is 18.4 Å². The van der Waals surface area contributed by atoms with E-state index in [1.54, 1.807) is 19.1 Å². The summed E-state index contributed by atoms with van der Waals surface area (Å²) in [6.07, 6.45) is 0. The van der Waals surface area contributed by atoms with E-state index >= 15 is 0 Å². The van der Waals surface area contributed by atoms with Gasteiger partial charge in [-0.3, -0.25) is 10.1 Å². The van der Waals surface area contributed by atoms with Crippen LogP contribution in [0.4, 0.5) is 4.39 Å². The van der Waals surface area contributed by atoms with E-state index in [0.29, 0.717) is 0 Å². The lowest BCUT2D eigenvalue weighted by Gasteiger charge is -2.29. The van der Waals surface area contributed by atoms with Crippen molar-refractivity contribution in [3.63, 3.8) is 0 Å². The zero-order valence-electron chi connectivity index (χ0n) is 11.8. The van der Waals surface area contributed by atoms with Gasteiger partial charge in [-0.05, 0) is 45.4 Å². The van der Waals surface area contributed by atoms with Crippen LogP contribution in [0.2, 0.25) is 0 Å². The number of primary amides is 1. The summed E-state index contributed by atoms with van der Waals surface area (Å²) in [7, 11) is 0. The summed E-state index contributed by atoms with van der Waals surface area (Å²) in [6.45, 7) is 7.25. The maximum atomic E-state index is 13.5. The summed E-state index contributed by atoms with van der Waals surface area (Å²) in [4.78, 5) is 11.5. The SMILES string of the molecule is Cc1ccc(F)c(OCC(C)(NC(C)C)C(N)=O)c1. The highest BCUT2D eigenvalue weighted by molar-refractivity contribution is 5.84. The Labute approximate surface area is 113 Å². The van der Waals surface area contributed by atoms with Crippen LogP contribution in [0.1, 0.15) is 26.3 Å². The van der Waals surface area contributed by atoms with E-state index in [1.807, 2.05) is 20.8 Å². The van der Waals surface area contributed by atoms with Gasteiger partial charge in [-0.2, -0.15) is 0 Å². The summed E-state index contributed by atoms with van der Waals surface area (Å²) >= 11 is 0. The molecule has 0 fully saturated rings. The first-order valence-corrected chi connectivity index (χ1v) is 6.21. The van der Waals surface area contributed by atoms with Crippen LogP contribution >= 0.6 is 0 Å². The first-order chi connectivity index (χ1) is 8.74. The number of nitrogens with one attached hydrogen (secondary N) is 1. The summed E-state index contributed by atoms with van der Waals surface area (Å²) in [6, 6.07) is 4.64. The molecule has 1 rings (SSSR count). The molecular weight excluding hydrogens is 247 g/mol. The Bertz CT molecular complexity index is 463. The lowest BCUT2D eigenvalue weighted by Crippen LogP contribution is -2.59. The molecule has 0 aromatic heterocycles. The number of ether oxygens (including phenoxy) is 1. The predicted molar refractivity (Wildman–Crippen MR) is 72.5 cm³/mol. The summed E-state index contributed by atoms with van der Waals surface area (Å²) < 4.78 is 19.0. The topological polar surface area (TPSA) is 64.3 Å². The number of carbonyl (C=O) groups excluding carboxylic acids is 1. The van der Waals surface area contributed by atoms with Gasteiger partial charge in [-0.15, -0.1) is 0 Å². The van der Waals surface area contributed by atoms with Gasteiger partial charge >= 0.3 is 0 Å². The van der Waals surface area contributed by atoms with Crippen LogP contribution < -0.4 is 15.8 Å². The Kier molecular flexibility index (Phi) is 4.89. The molecule has 0 aliphatic rings. The van der Waals surface area contributed by atoms with Crippen LogP contribution in [0.3, 0.4) is 0 Å². The molecule has 4 nitrogen and oxygen atoms in total. The number of hydrogen-bond acceptors (Lipinski definition) is 3. The highest BCUT2D eigenvalue weighted by Crippen LogP contribution is 2.20. The smallest absolute Gasteiger partial charge is 0.240 e. The second-order valence-electron chi connectivity index (χ2n) is 5.22. The number of hydrogen-bond donors (Lipinski definition) is 2. The Morgan fingerprint density at radius 1 is 1.53 bits per heavy atom. The first-order valence-electron chi connectivity index (χ1n) is 6.21. The summed E-state index contributed by atoms with van der Waals surface area (Å²) in [5, 5.41) is 3.04. The molecule has 0 bridgehead atoms. The predicted octanol–water partition coefficient (Wildman–Crippen LogP) is 1.75. The molecule has 0 aliphatic carbocycles. The minimum absolute atomic E-state index is 0.0269. The molecule has 0 spiro atoms. The molecule has 19 heavy (non-hydrogen) atoms. The van der Waals surface area contributed by atoms with E-state index in [9.17, 15) is 9.18 Å². The Morgan fingerprint density at radius 3 is 2.68 bits per heavy atom. The lowest BCUT2D eigenvalue weighted by molar-refractivity contribution is -0.125. The van der Waals surface area contributed by atoms with Crippen molar-refractivity contribution in [2.75, 3.05) is 6.61 Å². The van der Waals surface area contributed by atoms with Crippen LogP contribution in [0, 0.1) is 12.7 Å². The fourth-order valence-electron chi connectivity index (χ4n) is 1.76. The molecule has 1 unspecified atom stereocenters. The van der Waals surface area contributed by atoms with Crippen molar-refractivity contribution >= 4 is 5.91 Å². The molecule has 1 amide bonds. The van der Waals surface area contributed by atoms with Gasteiger partial charge in [0.15, 0.2) is 11.6 Å². The molecule has 106 valence electrons. The van der Waals surface area contributed by atoms with Gasteiger partial charge in [0.25, 0.3) is 0 Å². The number of carbonyl (C=O) groups is 1. The van der Waals surface area contributed by atoms with Gasteiger partial charge in [-0.1, -0.05) is 6.07 Å². The quantitative estimate of drug-likeness (QED) is 0.826. The number of benzene rings is 1. The van der Waals surface area contributed by atoms with Gasteiger partial charge in [0, 0.05) is 6.04 Å². The van der Waals surface area contributed by atoms with E-state index in [2.05, 4.69) is 5.32 Å². The molecule has 1 aromatic rings. The van der Waals surface area contributed by atoms with Crippen LogP contribution in [-0.2, 0) is 4.79 Å². The highest BCUT2D eigenvalue weighted by atomic mass is 19.1. The van der Waals surface area contributed by atoms with Crippen molar-refractivity contribution in [2.45, 2.75) is 39.3 Å². The standard InChI is InChI=1S/C14H21FN2O2/c1-9(2)17-14(4,13(16)18)8-19-12-7-10(3)5-6-11(12)15/h5-7,9,17H,8H2,1-4H3,(H2,16,18). The van der Waals surface area contributed by atoms with Crippen LogP contribution in [0.25, 0.3) is 0 Å². The second-order valence-corrected chi connectivity index (χ2v) is 5.22. The minimum atomic E-state index is -1.04. The van der Waals surface area contributed by atoms with Gasteiger partial charge in [0.1, 0.15) is 12.1 Å². The third kappa shape index (κ3) is 4.21. The number of halogens is 1. The van der Waals surface area contributed by atoms with Gasteiger partial charge in [-0.25, -0.2) is 4.39 Å². The largest absolute Gasteiger partial charge is 0.488 e. The monoisotopic (exact) mass is 268 g/mol. The van der Waals surface area contributed by atoms with Crippen molar-refractivity contribution < 1.29 is 13.9 Å². The molecule has 3 N–H and O–H groups in total. The van der Waals surface area contributed by atoms with Crippen LogP contribution in [0.15, 0.2) is 18.2 Å². The molecule has 5 heteroatoms. The normalized spacial score (nSPS) is 14.2. The van der Waals surface area contributed by atoms with Gasteiger partial charge < -0.3 is 10.5 Å². The third-order valence-electron chi connectivity index (χ3n) is 2.75. The summed E-state index contributed by atoms with van der Waals surface area (Å²) in [5.41, 5.74) is 5.22. The number of aryl methyl sites for hydroxylation is 1. The van der Waals surface area contributed by atoms with Crippen molar-refractivity contribution in [3.8, 4) is 5.75 Å². The first kappa shape index (κ1) is 15.4. The molecule has 0 radical (unpaired) electrons. The molecule has 0 saturated heterocycles. The van der Waals surface area contributed by atoms with E-state index in [1.165, 1.54) is 6.07 Å². The molecule has 1 atom stereocenters. The number of rotatable bonds is 6. The van der Waals surface area contributed by atoms with Crippen molar-refractivity contribution in [3.05, 3.63) is 29.6 Å². The van der Waals surface area contributed by atoms with E-state index in [4.69, 9.17) is 10.5 Å². The molecular formula is C14H21FN2O2. The molecule has 0 heterocycles. The average molecular weight is 268 g/mol. The maximum Gasteiger partial charge on any atom is 0.240 e. The highest BCUT2D eigenvalue weighted by Gasteiger charge is 2.32. The average Bonchev–Trinajstić information content (AvgIpc) is 2.29. The maximum absolute atomic E-state index is 13.5. The molecule has 0 aliphatic heterocycles. The minimum Gasteiger partial charge on any atom is -0.488 e. The van der Waals surface area contributed by atoms with E-state index in [0.717, 1.165) is 5.56 Å². The zero-order chi connectivity index (χ0) is 14.6. The third-order valence-corrected chi connectivity index (χ3v) is 2.75. The molecule has 1 aromatic carbocycles. The van der Waals surface area contributed by atoms with Crippen LogP contribution in [0.5, 0.6) is 5.75 Å². The van der Waals surface area contributed by atoms with Gasteiger partial charge in [0.05, 0.1) is 0 Å². The van der Waals surface area contributed by atoms with Crippen molar-refractivity contribution in [2.24, 2.45) is 5.73 Å².